The van der Waals surface area contributed by atoms with Gasteiger partial charge in [0.1, 0.15) is 10.8 Å². The molecule has 1 aromatic heterocycles. The number of ether oxygens (including phenoxy) is 1. The molecule has 1 aliphatic rings. The number of para-hydroxylation sites is 1. The van der Waals surface area contributed by atoms with Gasteiger partial charge in [-0.2, -0.15) is 0 Å². The Labute approximate surface area is 123 Å². The fourth-order valence-electron chi connectivity index (χ4n) is 2.73. The molecule has 3 rings (SSSR count). The normalized spacial score (nSPS) is 17.9. The number of hydrogen-bond donors (Lipinski definition) is 1. The van der Waals surface area contributed by atoms with Crippen molar-refractivity contribution in [1.29, 1.82) is 0 Å². The Balaban J connectivity index is 2.02. The maximum Gasteiger partial charge on any atom is 0.123 e. The molecular weight excluding hydrogens is 268 g/mol. The lowest BCUT2D eigenvalue weighted by molar-refractivity contribution is 0.276. The number of thiazole rings is 1. The van der Waals surface area contributed by atoms with E-state index in [2.05, 4.69) is 26.0 Å². The van der Waals surface area contributed by atoms with Crippen molar-refractivity contribution in [1.82, 2.24) is 4.98 Å². The molecule has 4 heteroatoms. The van der Waals surface area contributed by atoms with Gasteiger partial charge in [0.05, 0.1) is 12.3 Å². The number of fused-ring (bicyclic) bond motifs is 1. The lowest BCUT2D eigenvalue weighted by atomic mass is 9.94. The van der Waals surface area contributed by atoms with Crippen LogP contribution >= 0.6 is 11.3 Å². The van der Waals surface area contributed by atoms with E-state index >= 15 is 0 Å². The highest BCUT2D eigenvalue weighted by atomic mass is 32.1. The molecule has 0 saturated carbocycles. The standard InChI is InChI=1S/C16H20N2OS/c1-10(2)15-14(9-17)20-16(18-15)12-7-8-19-13-6-4-3-5-11(12)13/h3-6,10,12H,7-9,17H2,1-2H3. The molecule has 1 unspecified atom stereocenters. The van der Waals surface area contributed by atoms with E-state index in [-0.39, 0.29) is 0 Å². The molecule has 106 valence electrons. The largest absolute Gasteiger partial charge is 0.493 e. The summed E-state index contributed by atoms with van der Waals surface area (Å²) in [6, 6.07) is 8.29. The molecule has 0 aliphatic carbocycles. The van der Waals surface area contributed by atoms with Crippen LogP contribution in [0.2, 0.25) is 0 Å². The van der Waals surface area contributed by atoms with Crippen LogP contribution < -0.4 is 10.5 Å². The first kappa shape index (κ1) is 13.6. The first-order chi connectivity index (χ1) is 9.70. The zero-order chi connectivity index (χ0) is 14.1. The minimum absolute atomic E-state index is 0.350. The molecule has 0 saturated heterocycles. The van der Waals surface area contributed by atoms with E-state index in [0.29, 0.717) is 18.4 Å². The van der Waals surface area contributed by atoms with E-state index in [0.717, 1.165) is 24.5 Å². The van der Waals surface area contributed by atoms with Crippen LogP contribution in [-0.4, -0.2) is 11.6 Å². The number of aromatic nitrogens is 1. The van der Waals surface area contributed by atoms with E-state index < -0.39 is 0 Å². The molecule has 2 heterocycles. The van der Waals surface area contributed by atoms with E-state index in [9.17, 15) is 0 Å². The van der Waals surface area contributed by atoms with Crippen molar-refractivity contribution < 1.29 is 4.74 Å². The molecule has 0 bridgehead atoms. The third-order valence-electron chi connectivity index (χ3n) is 3.73. The number of benzene rings is 1. The fraction of sp³-hybridized carbons (Fsp3) is 0.438. The molecule has 20 heavy (non-hydrogen) atoms. The van der Waals surface area contributed by atoms with Crippen LogP contribution in [0.4, 0.5) is 0 Å². The number of hydrogen-bond acceptors (Lipinski definition) is 4. The maximum absolute atomic E-state index is 5.87. The molecule has 0 spiro atoms. The molecule has 1 aromatic carbocycles. The zero-order valence-corrected chi connectivity index (χ0v) is 12.7. The quantitative estimate of drug-likeness (QED) is 0.938. The molecule has 0 radical (unpaired) electrons. The Bertz CT molecular complexity index is 606. The zero-order valence-electron chi connectivity index (χ0n) is 11.9. The van der Waals surface area contributed by atoms with Crippen LogP contribution in [0.15, 0.2) is 24.3 Å². The predicted octanol–water partition coefficient (Wildman–Crippen LogP) is 3.64. The van der Waals surface area contributed by atoms with E-state index in [1.54, 1.807) is 11.3 Å². The molecule has 2 N–H and O–H groups in total. The van der Waals surface area contributed by atoms with Crippen molar-refractivity contribution in [3.8, 4) is 5.75 Å². The lowest BCUT2D eigenvalue weighted by Crippen LogP contribution is -2.15. The van der Waals surface area contributed by atoms with Crippen molar-refractivity contribution >= 4 is 11.3 Å². The van der Waals surface area contributed by atoms with E-state index in [4.69, 9.17) is 15.5 Å². The van der Waals surface area contributed by atoms with Crippen LogP contribution in [0.1, 0.15) is 53.2 Å². The highest BCUT2D eigenvalue weighted by molar-refractivity contribution is 7.11. The number of nitrogens with zero attached hydrogens (tertiary/aromatic N) is 1. The second-order valence-electron chi connectivity index (χ2n) is 5.45. The number of rotatable bonds is 3. The van der Waals surface area contributed by atoms with Gasteiger partial charge in [-0.05, 0) is 18.4 Å². The smallest absolute Gasteiger partial charge is 0.123 e. The monoisotopic (exact) mass is 288 g/mol. The summed E-state index contributed by atoms with van der Waals surface area (Å²) in [6.45, 7) is 5.69. The molecule has 0 amide bonds. The minimum atomic E-state index is 0.350. The number of nitrogens with two attached hydrogens (primary N) is 1. The van der Waals surface area contributed by atoms with Gasteiger partial charge in [0, 0.05) is 22.9 Å². The lowest BCUT2D eigenvalue weighted by Gasteiger charge is -2.24. The molecule has 1 atom stereocenters. The molecule has 1 aliphatic heterocycles. The Morgan fingerprint density at radius 3 is 2.90 bits per heavy atom. The molecule has 2 aromatic rings. The van der Waals surface area contributed by atoms with Crippen molar-refractivity contribution in [3.63, 3.8) is 0 Å². The predicted molar refractivity (Wildman–Crippen MR) is 82.5 cm³/mol. The van der Waals surface area contributed by atoms with Gasteiger partial charge >= 0.3 is 0 Å². The van der Waals surface area contributed by atoms with Gasteiger partial charge in [0.25, 0.3) is 0 Å². The third-order valence-corrected chi connectivity index (χ3v) is 4.94. The van der Waals surface area contributed by atoms with Gasteiger partial charge < -0.3 is 10.5 Å². The van der Waals surface area contributed by atoms with Gasteiger partial charge in [-0.1, -0.05) is 32.0 Å². The van der Waals surface area contributed by atoms with Gasteiger partial charge in [0.2, 0.25) is 0 Å². The Morgan fingerprint density at radius 2 is 2.20 bits per heavy atom. The average molecular weight is 288 g/mol. The Hall–Kier alpha value is -1.39. The van der Waals surface area contributed by atoms with Gasteiger partial charge in [-0.3, -0.25) is 0 Å². The van der Waals surface area contributed by atoms with Crippen LogP contribution in [0.5, 0.6) is 5.75 Å². The first-order valence-corrected chi connectivity index (χ1v) is 7.93. The Kier molecular flexibility index (Phi) is 3.76. The average Bonchev–Trinajstić information content (AvgIpc) is 2.91. The summed E-state index contributed by atoms with van der Waals surface area (Å²) >= 11 is 1.77. The highest BCUT2D eigenvalue weighted by Gasteiger charge is 2.26. The van der Waals surface area contributed by atoms with Crippen molar-refractivity contribution in [2.45, 2.75) is 38.6 Å². The molecular formula is C16H20N2OS. The van der Waals surface area contributed by atoms with Crippen molar-refractivity contribution in [2.75, 3.05) is 6.61 Å². The SMILES string of the molecule is CC(C)c1nc(C2CCOc3ccccc32)sc1CN. The summed E-state index contributed by atoms with van der Waals surface area (Å²) in [4.78, 5) is 6.11. The van der Waals surface area contributed by atoms with E-state index in [1.165, 1.54) is 15.4 Å². The van der Waals surface area contributed by atoms with Gasteiger partial charge in [-0.15, -0.1) is 11.3 Å². The van der Waals surface area contributed by atoms with Gasteiger partial charge in [0.15, 0.2) is 0 Å². The Morgan fingerprint density at radius 1 is 1.40 bits per heavy atom. The minimum Gasteiger partial charge on any atom is -0.493 e. The summed E-state index contributed by atoms with van der Waals surface area (Å²) in [5, 5.41) is 1.19. The third kappa shape index (κ3) is 2.34. The summed E-state index contributed by atoms with van der Waals surface area (Å²) in [5.74, 6) is 1.77. The summed E-state index contributed by atoms with van der Waals surface area (Å²) in [6.07, 6.45) is 0.992. The van der Waals surface area contributed by atoms with Crippen LogP contribution in [-0.2, 0) is 6.54 Å². The van der Waals surface area contributed by atoms with Crippen molar-refractivity contribution in [3.05, 3.63) is 45.4 Å². The summed E-state index contributed by atoms with van der Waals surface area (Å²) < 4.78 is 5.74. The fourth-order valence-corrected chi connectivity index (χ4v) is 3.98. The summed E-state index contributed by atoms with van der Waals surface area (Å²) in [7, 11) is 0. The maximum atomic E-state index is 5.87. The highest BCUT2D eigenvalue weighted by Crippen LogP contribution is 2.40. The second-order valence-corrected chi connectivity index (χ2v) is 6.56. The summed E-state index contributed by atoms with van der Waals surface area (Å²) in [5.41, 5.74) is 8.29. The molecule has 3 nitrogen and oxygen atoms in total. The van der Waals surface area contributed by atoms with Gasteiger partial charge in [-0.25, -0.2) is 4.98 Å². The van der Waals surface area contributed by atoms with Crippen LogP contribution in [0, 0.1) is 0 Å². The van der Waals surface area contributed by atoms with Crippen molar-refractivity contribution in [2.24, 2.45) is 5.73 Å². The first-order valence-electron chi connectivity index (χ1n) is 7.12. The van der Waals surface area contributed by atoms with Crippen LogP contribution in [0.25, 0.3) is 0 Å². The second kappa shape index (κ2) is 5.54. The molecule has 0 fully saturated rings. The van der Waals surface area contributed by atoms with Crippen LogP contribution in [0.3, 0.4) is 0 Å². The topological polar surface area (TPSA) is 48.1 Å². The van der Waals surface area contributed by atoms with E-state index in [1.807, 2.05) is 12.1 Å².